The number of carbonyl (C=O) groups excluding carboxylic acids is 1. The van der Waals surface area contributed by atoms with Crippen LogP contribution in [0.1, 0.15) is 26.2 Å². The SMILES string of the molecule is C[C@@H](O)[C@H](NC(=O)CCOC1CCNCC1)C(=O)O. The highest BCUT2D eigenvalue weighted by Gasteiger charge is 2.24. The van der Waals surface area contributed by atoms with Crippen molar-refractivity contribution in [2.45, 2.75) is 44.4 Å². The molecule has 1 fully saturated rings. The predicted molar refractivity (Wildman–Crippen MR) is 67.7 cm³/mol. The minimum atomic E-state index is -1.27. The molecular weight excluding hydrogens is 252 g/mol. The van der Waals surface area contributed by atoms with Crippen LogP contribution in [0.25, 0.3) is 0 Å². The van der Waals surface area contributed by atoms with Crippen molar-refractivity contribution in [1.82, 2.24) is 10.6 Å². The Bertz CT molecular complexity index is 302. The van der Waals surface area contributed by atoms with E-state index in [1.807, 2.05) is 0 Å². The number of hydrogen-bond acceptors (Lipinski definition) is 5. The summed E-state index contributed by atoms with van der Waals surface area (Å²) in [7, 11) is 0. The first-order valence-corrected chi connectivity index (χ1v) is 6.53. The molecule has 0 aliphatic carbocycles. The number of rotatable bonds is 7. The Labute approximate surface area is 112 Å². The first-order chi connectivity index (χ1) is 9.00. The monoisotopic (exact) mass is 274 g/mol. The number of aliphatic hydroxyl groups excluding tert-OH is 1. The van der Waals surface area contributed by atoms with E-state index in [2.05, 4.69) is 10.6 Å². The lowest BCUT2D eigenvalue weighted by Crippen LogP contribution is -2.47. The van der Waals surface area contributed by atoms with Gasteiger partial charge in [-0.25, -0.2) is 4.79 Å². The predicted octanol–water partition coefficient (Wildman–Crippen LogP) is -0.905. The van der Waals surface area contributed by atoms with Crippen molar-refractivity contribution in [3.63, 3.8) is 0 Å². The second kappa shape index (κ2) is 8.08. The maximum atomic E-state index is 11.5. The average Bonchev–Trinajstić information content (AvgIpc) is 2.36. The Morgan fingerprint density at radius 1 is 1.42 bits per heavy atom. The first kappa shape index (κ1) is 15.9. The average molecular weight is 274 g/mol. The summed E-state index contributed by atoms with van der Waals surface area (Å²) >= 11 is 0. The fourth-order valence-electron chi connectivity index (χ4n) is 1.91. The molecule has 0 aromatic heterocycles. The minimum absolute atomic E-state index is 0.0976. The molecule has 2 atom stereocenters. The molecular formula is C12H22N2O5. The van der Waals surface area contributed by atoms with Gasteiger partial charge in [-0.3, -0.25) is 4.79 Å². The lowest BCUT2D eigenvalue weighted by molar-refractivity contribution is -0.145. The Hall–Kier alpha value is -1.18. The van der Waals surface area contributed by atoms with Crippen molar-refractivity contribution in [3.8, 4) is 0 Å². The van der Waals surface area contributed by atoms with Crippen LogP contribution in [0.3, 0.4) is 0 Å². The zero-order valence-corrected chi connectivity index (χ0v) is 11.1. The normalized spacial score (nSPS) is 19.7. The second-order valence-electron chi connectivity index (χ2n) is 4.69. The van der Waals surface area contributed by atoms with E-state index >= 15 is 0 Å². The standard InChI is InChI=1S/C12H22N2O5/c1-8(15)11(12(17)18)14-10(16)4-7-19-9-2-5-13-6-3-9/h8-9,11,13,15H,2-7H2,1H3,(H,14,16)(H,17,18)/t8-,11+/m1/s1. The number of carboxylic acid groups (broad SMARTS) is 1. The summed E-state index contributed by atoms with van der Waals surface area (Å²) in [6.45, 7) is 3.42. The number of carbonyl (C=O) groups is 2. The quantitative estimate of drug-likeness (QED) is 0.479. The smallest absolute Gasteiger partial charge is 0.328 e. The van der Waals surface area contributed by atoms with E-state index in [9.17, 15) is 14.7 Å². The van der Waals surface area contributed by atoms with Crippen LogP contribution >= 0.6 is 0 Å². The van der Waals surface area contributed by atoms with Crippen LogP contribution in [0.5, 0.6) is 0 Å². The number of aliphatic carboxylic acids is 1. The van der Waals surface area contributed by atoms with Crippen molar-refractivity contribution < 1.29 is 24.5 Å². The van der Waals surface area contributed by atoms with Crippen molar-refractivity contribution in [3.05, 3.63) is 0 Å². The maximum Gasteiger partial charge on any atom is 0.328 e. The molecule has 0 bridgehead atoms. The van der Waals surface area contributed by atoms with Gasteiger partial charge in [-0.15, -0.1) is 0 Å². The first-order valence-electron chi connectivity index (χ1n) is 6.53. The van der Waals surface area contributed by atoms with E-state index in [1.54, 1.807) is 0 Å². The summed E-state index contributed by atoms with van der Waals surface area (Å²) in [5.74, 6) is -1.68. The number of carboxylic acids is 1. The molecule has 110 valence electrons. The molecule has 0 aromatic carbocycles. The van der Waals surface area contributed by atoms with Crippen molar-refractivity contribution in [1.29, 1.82) is 0 Å². The molecule has 0 aromatic rings. The number of piperidine rings is 1. The third-order valence-electron chi connectivity index (χ3n) is 3.03. The second-order valence-corrected chi connectivity index (χ2v) is 4.69. The molecule has 7 heteroatoms. The fourth-order valence-corrected chi connectivity index (χ4v) is 1.91. The number of nitrogens with one attached hydrogen (secondary N) is 2. The summed E-state index contributed by atoms with van der Waals surface area (Å²) in [5, 5.41) is 23.5. The summed E-state index contributed by atoms with van der Waals surface area (Å²) in [6.07, 6.45) is 0.980. The van der Waals surface area contributed by atoms with Gasteiger partial charge in [0.1, 0.15) is 0 Å². The molecule has 7 nitrogen and oxygen atoms in total. The molecule has 19 heavy (non-hydrogen) atoms. The lowest BCUT2D eigenvalue weighted by atomic mass is 10.1. The van der Waals surface area contributed by atoms with Crippen molar-refractivity contribution >= 4 is 11.9 Å². The summed E-state index contributed by atoms with van der Waals surface area (Å²) in [5.41, 5.74) is 0. The van der Waals surface area contributed by atoms with Crippen molar-refractivity contribution in [2.24, 2.45) is 0 Å². The summed E-state index contributed by atoms with van der Waals surface area (Å²) in [4.78, 5) is 22.3. The molecule has 1 rings (SSSR count). The maximum absolute atomic E-state index is 11.5. The number of ether oxygens (including phenoxy) is 1. The van der Waals surface area contributed by atoms with Crippen LogP contribution in [-0.2, 0) is 14.3 Å². The third kappa shape index (κ3) is 6.00. The van der Waals surface area contributed by atoms with Gasteiger partial charge in [0.05, 0.1) is 18.8 Å². The van der Waals surface area contributed by atoms with E-state index in [4.69, 9.17) is 9.84 Å². The number of aliphatic hydroxyl groups is 1. The fraction of sp³-hybridized carbons (Fsp3) is 0.833. The molecule has 1 saturated heterocycles. The highest BCUT2D eigenvalue weighted by Crippen LogP contribution is 2.07. The van der Waals surface area contributed by atoms with E-state index < -0.39 is 24.0 Å². The summed E-state index contributed by atoms with van der Waals surface area (Å²) in [6, 6.07) is -1.27. The Morgan fingerprint density at radius 2 is 2.05 bits per heavy atom. The van der Waals surface area contributed by atoms with Crippen LogP contribution in [0.4, 0.5) is 0 Å². The van der Waals surface area contributed by atoms with Gasteiger partial charge in [0.25, 0.3) is 0 Å². The number of hydrogen-bond donors (Lipinski definition) is 4. The Balaban J connectivity index is 2.21. The zero-order valence-electron chi connectivity index (χ0n) is 11.1. The molecule has 1 heterocycles. The van der Waals surface area contributed by atoms with E-state index in [1.165, 1.54) is 6.92 Å². The Morgan fingerprint density at radius 3 is 2.58 bits per heavy atom. The van der Waals surface area contributed by atoms with E-state index in [0.717, 1.165) is 25.9 Å². The topological polar surface area (TPSA) is 108 Å². The lowest BCUT2D eigenvalue weighted by Gasteiger charge is -2.23. The van der Waals surface area contributed by atoms with Crippen molar-refractivity contribution in [2.75, 3.05) is 19.7 Å². The highest BCUT2D eigenvalue weighted by molar-refractivity contribution is 5.83. The van der Waals surface area contributed by atoms with Crippen LogP contribution in [0.2, 0.25) is 0 Å². The van der Waals surface area contributed by atoms with Crippen LogP contribution in [0.15, 0.2) is 0 Å². The van der Waals surface area contributed by atoms with Gasteiger partial charge >= 0.3 is 5.97 Å². The van der Waals surface area contributed by atoms with Crippen LogP contribution < -0.4 is 10.6 Å². The van der Waals surface area contributed by atoms with E-state index in [-0.39, 0.29) is 19.1 Å². The minimum Gasteiger partial charge on any atom is -0.480 e. The molecule has 0 radical (unpaired) electrons. The molecule has 0 saturated carbocycles. The van der Waals surface area contributed by atoms with Gasteiger partial charge in [-0.1, -0.05) is 0 Å². The molecule has 1 aliphatic rings. The van der Waals surface area contributed by atoms with Gasteiger partial charge in [-0.2, -0.15) is 0 Å². The molecule has 0 spiro atoms. The third-order valence-corrected chi connectivity index (χ3v) is 3.03. The number of amides is 1. The van der Waals surface area contributed by atoms with Crippen LogP contribution in [0, 0.1) is 0 Å². The molecule has 0 unspecified atom stereocenters. The summed E-state index contributed by atoms with van der Waals surface area (Å²) < 4.78 is 5.55. The zero-order chi connectivity index (χ0) is 14.3. The molecule has 1 amide bonds. The van der Waals surface area contributed by atoms with E-state index in [0.29, 0.717) is 0 Å². The molecule has 4 N–H and O–H groups in total. The van der Waals surface area contributed by atoms with Gasteiger partial charge in [-0.05, 0) is 32.9 Å². The van der Waals surface area contributed by atoms with Gasteiger partial charge in [0, 0.05) is 6.42 Å². The largest absolute Gasteiger partial charge is 0.480 e. The highest BCUT2D eigenvalue weighted by atomic mass is 16.5. The molecule has 1 aliphatic heterocycles. The van der Waals surface area contributed by atoms with Gasteiger partial charge in [0.2, 0.25) is 5.91 Å². The Kier molecular flexibility index (Phi) is 6.75. The van der Waals surface area contributed by atoms with Gasteiger partial charge < -0.3 is 25.6 Å². The van der Waals surface area contributed by atoms with Crippen LogP contribution in [-0.4, -0.2) is 60.0 Å². The van der Waals surface area contributed by atoms with Gasteiger partial charge in [0.15, 0.2) is 6.04 Å².